The van der Waals surface area contributed by atoms with Crippen LogP contribution in [0, 0.1) is 11.6 Å². The maximum Gasteiger partial charge on any atom is 0.321 e. The van der Waals surface area contributed by atoms with Crippen molar-refractivity contribution in [2.75, 3.05) is 18.9 Å². The number of amides is 2. The topological polar surface area (TPSA) is 61.0 Å². The molecule has 7 heteroatoms. The third kappa shape index (κ3) is 6.14. The molecule has 1 aromatic heterocycles. The number of anilines is 1. The molecule has 0 spiro atoms. The minimum absolute atomic E-state index is 0.256. The van der Waals surface area contributed by atoms with Crippen LogP contribution in [-0.4, -0.2) is 34.7 Å². The van der Waals surface area contributed by atoms with E-state index in [9.17, 15) is 13.6 Å². The fourth-order valence-electron chi connectivity index (χ4n) is 2.99. The van der Waals surface area contributed by atoms with E-state index in [1.807, 2.05) is 6.07 Å². The number of urea groups is 1. The highest BCUT2D eigenvalue weighted by Gasteiger charge is 2.09. The summed E-state index contributed by atoms with van der Waals surface area (Å²) in [6.07, 6.45) is 3.65. The van der Waals surface area contributed by atoms with E-state index in [4.69, 9.17) is 0 Å². The van der Waals surface area contributed by atoms with Gasteiger partial charge in [0.05, 0.1) is 5.69 Å². The monoisotopic (exact) mass is 398 g/mol. The lowest BCUT2D eigenvalue weighted by Gasteiger charge is -2.17. The Morgan fingerprint density at radius 3 is 2.59 bits per heavy atom. The Morgan fingerprint density at radius 2 is 1.83 bits per heavy atom. The van der Waals surface area contributed by atoms with Crippen molar-refractivity contribution in [1.29, 1.82) is 0 Å². The lowest BCUT2D eigenvalue weighted by molar-refractivity contribution is 0.221. The van der Waals surface area contributed by atoms with Crippen LogP contribution in [0.25, 0.3) is 11.3 Å². The van der Waals surface area contributed by atoms with Crippen molar-refractivity contribution in [2.45, 2.75) is 25.7 Å². The highest BCUT2D eigenvalue weighted by atomic mass is 19.1. The van der Waals surface area contributed by atoms with Crippen LogP contribution >= 0.6 is 0 Å². The average molecular weight is 398 g/mol. The van der Waals surface area contributed by atoms with E-state index in [1.165, 1.54) is 24.3 Å². The molecule has 0 atom stereocenters. The van der Waals surface area contributed by atoms with Gasteiger partial charge in [0.1, 0.15) is 11.6 Å². The summed E-state index contributed by atoms with van der Waals surface area (Å²) in [6, 6.07) is 13.8. The van der Waals surface area contributed by atoms with Crippen LogP contribution in [0.15, 0.2) is 54.6 Å². The quantitative estimate of drug-likeness (QED) is 0.510. The molecule has 152 valence electrons. The van der Waals surface area contributed by atoms with E-state index in [2.05, 4.69) is 15.5 Å². The third-order valence-corrected chi connectivity index (χ3v) is 4.63. The molecule has 5 nitrogen and oxygen atoms in total. The summed E-state index contributed by atoms with van der Waals surface area (Å²) in [6.45, 7) is 0.616. The smallest absolute Gasteiger partial charge is 0.321 e. The molecule has 29 heavy (non-hydrogen) atoms. The van der Waals surface area contributed by atoms with Crippen LogP contribution in [-0.2, 0) is 6.42 Å². The Balaban J connectivity index is 1.36. The first-order valence-corrected chi connectivity index (χ1v) is 9.59. The summed E-state index contributed by atoms with van der Waals surface area (Å²) >= 11 is 0. The average Bonchev–Trinajstić information content (AvgIpc) is 3.17. The lowest BCUT2D eigenvalue weighted by Crippen LogP contribution is -2.32. The molecule has 3 aromatic rings. The number of nitrogens with one attached hydrogen (secondary N) is 2. The fourth-order valence-corrected chi connectivity index (χ4v) is 2.99. The second-order valence-electron chi connectivity index (χ2n) is 6.96. The van der Waals surface area contributed by atoms with Gasteiger partial charge in [-0.15, -0.1) is 0 Å². The Hall–Kier alpha value is -3.22. The maximum absolute atomic E-state index is 13.2. The second kappa shape index (κ2) is 9.82. The number of benzene rings is 2. The van der Waals surface area contributed by atoms with E-state index < -0.39 is 0 Å². The molecule has 2 aromatic carbocycles. The van der Waals surface area contributed by atoms with Crippen molar-refractivity contribution in [3.63, 3.8) is 0 Å². The van der Waals surface area contributed by atoms with Gasteiger partial charge in [-0.2, -0.15) is 5.10 Å². The molecule has 0 saturated heterocycles. The third-order valence-electron chi connectivity index (χ3n) is 4.63. The Labute approximate surface area is 168 Å². The number of carbonyl (C=O) groups is 1. The molecule has 0 bridgehead atoms. The van der Waals surface area contributed by atoms with E-state index in [-0.39, 0.29) is 17.7 Å². The second-order valence-corrected chi connectivity index (χ2v) is 6.96. The molecule has 0 aliphatic carbocycles. The van der Waals surface area contributed by atoms with Gasteiger partial charge in [-0.05, 0) is 67.8 Å². The number of nitrogens with zero attached hydrogens (tertiary/aromatic N) is 2. The summed E-state index contributed by atoms with van der Waals surface area (Å²) in [5.74, 6) is -0.647. The molecule has 0 saturated carbocycles. The lowest BCUT2D eigenvalue weighted by atomic mass is 10.1. The Morgan fingerprint density at radius 1 is 1.03 bits per heavy atom. The predicted molar refractivity (Wildman–Crippen MR) is 110 cm³/mol. The van der Waals surface area contributed by atoms with Gasteiger partial charge in [-0.25, -0.2) is 13.6 Å². The number of hydrogen-bond donors (Lipinski definition) is 2. The first-order chi connectivity index (χ1) is 14.0. The van der Waals surface area contributed by atoms with E-state index in [0.29, 0.717) is 12.2 Å². The molecular formula is C22H24F2N4O. The number of aryl methyl sites for hydroxylation is 1. The molecule has 0 radical (unpaired) electrons. The summed E-state index contributed by atoms with van der Waals surface area (Å²) < 4.78 is 26.2. The first-order valence-electron chi connectivity index (χ1n) is 9.59. The van der Waals surface area contributed by atoms with Crippen LogP contribution in [0.5, 0.6) is 0 Å². The fraction of sp³-hybridized carbons (Fsp3) is 0.273. The van der Waals surface area contributed by atoms with E-state index in [0.717, 1.165) is 42.6 Å². The van der Waals surface area contributed by atoms with Crippen molar-refractivity contribution >= 4 is 11.7 Å². The standard InChI is InChI=1S/C22H24F2N4O/c1-28(22(29)25-19-8-5-6-18(24)14-19)13-4-2-3-7-20-15-21(27-26-20)16-9-11-17(23)12-10-16/h5-6,8-12,14-15H,2-4,7,13H2,1H3,(H,25,29)(H,26,27). The number of H-pyrrole nitrogens is 1. The van der Waals surface area contributed by atoms with Crippen LogP contribution in [0.2, 0.25) is 0 Å². The summed E-state index contributed by atoms with van der Waals surface area (Å²) in [4.78, 5) is 13.7. The number of carbonyl (C=O) groups excluding carboxylic acids is 1. The minimum atomic E-state index is -0.383. The van der Waals surface area contributed by atoms with Crippen molar-refractivity contribution < 1.29 is 13.6 Å². The van der Waals surface area contributed by atoms with Gasteiger partial charge in [0.15, 0.2) is 0 Å². The number of hydrogen-bond acceptors (Lipinski definition) is 2. The first kappa shape index (κ1) is 20.5. The van der Waals surface area contributed by atoms with Gasteiger partial charge in [0.2, 0.25) is 0 Å². The largest absolute Gasteiger partial charge is 0.328 e. The van der Waals surface area contributed by atoms with Crippen LogP contribution in [0.3, 0.4) is 0 Å². The highest BCUT2D eigenvalue weighted by molar-refractivity contribution is 5.89. The normalized spacial score (nSPS) is 10.7. The van der Waals surface area contributed by atoms with Gasteiger partial charge >= 0.3 is 6.03 Å². The number of rotatable bonds is 8. The molecular weight excluding hydrogens is 374 g/mol. The van der Waals surface area contributed by atoms with E-state index >= 15 is 0 Å². The zero-order valence-electron chi connectivity index (χ0n) is 16.3. The molecule has 0 unspecified atom stereocenters. The Bertz CT molecular complexity index is 940. The zero-order valence-corrected chi connectivity index (χ0v) is 16.3. The van der Waals surface area contributed by atoms with Gasteiger partial charge in [-0.3, -0.25) is 5.10 Å². The zero-order chi connectivity index (χ0) is 20.6. The molecule has 1 heterocycles. The molecule has 2 N–H and O–H groups in total. The minimum Gasteiger partial charge on any atom is -0.328 e. The molecule has 2 amide bonds. The number of unbranched alkanes of at least 4 members (excludes halogenated alkanes) is 2. The molecule has 0 aliphatic heterocycles. The number of aromatic amines is 1. The van der Waals surface area contributed by atoms with Crippen LogP contribution in [0.4, 0.5) is 19.3 Å². The molecule has 3 rings (SSSR count). The van der Waals surface area contributed by atoms with Crippen molar-refractivity contribution in [3.05, 3.63) is 71.9 Å². The maximum atomic E-state index is 13.2. The predicted octanol–water partition coefficient (Wildman–Crippen LogP) is 5.23. The van der Waals surface area contributed by atoms with Gasteiger partial charge in [0.25, 0.3) is 0 Å². The Kier molecular flexibility index (Phi) is 6.94. The highest BCUT2D eigenvalue weighted by Crippen LogP contribution is 2.19. The van der Waals surface area contributed by atoms with Crippen LogP contribution in [0.1, 0.15) is 25.0 Å². The summed E-state index contributed by atoms with van der Waals surface area (Å²) in [5.41, 5.74) is 3.15. The summed E-state index contributed by atoms with van der Waals surface area (Å²) in [5, 5.41) is 9.98. The summed E-state index contributed by atoms with van der Waals surface area (Å²) in [7, 11) is 1.72. The molecule has 0 aliphatic rings. The van der Waals surface area contributed by atoms with Gasteiger partial charge in [0, 0.05) is 30.5 Å². The van der Waals surface area contributed by atoms with Crippen molar-refractivity contribution in [2.24, 2.45) is 0 Å². The number of halogens is 2. The van der Waals surface area contributed by atoms with Gasteiger partial charge < -0.3 is 10.2 Å². The van der Waals surface area contributed by atoms with Crippen molar-refractivity contribution in [3.8, 4) is 11.3 Å². The number of aromatic nitrogens is 2. The SMILES string of the molecule is CN(CCCCCc1cc(-c2ccc(F)cc2)n[nH]1)C(=O)Nc1cccc(F)c1. The van der Waals surface area contributed by atoms with Gasteiger partial charge in [-0.1, -0.05) is 12.5 Å². The van der Waals surface area contributed by atoms with Crippen molar-refractivity contribution in [1.82, 2.24) is 15.1 Å². The van der Waals surface area contributed by atoms with Crippen LogP contribution < -0.4 is 5.32 Å². The van der Waals surface area contributed by atoms with E-state index in [1.54, 1.807) is 36.2 Å². The molecule has 0 fully saturated rings.